The van der Waals surface area contributed by atoms with Crippen molar-refractivity contribution < 1.29 is 23.9 Å². The van der Waals surface area contributed by atoms with E-state index in [1.165, 1.54) is 0 Å². The molecule has 33 heavy (non-hydrogen) atoms. The Balaban J connectivity index is 1.38. The lowest BCUT2D eigenvalue weighted by Crippen LogP contribution is -2.47. The Hall–Kier alpha value is -3.16. The van der Waals surface area contributed by atoms with Crippen molar-refractivity contribution in [1.82, 2.24) is 15.2 Å². The highest BCUT2D eigenvalue weighted by Crippen LogP contribution is 2.29. The molecule has 1 saturated heterocycles. The van der Waals surface area contributed by atoms with Crippen molar-refractivity contribution in [3.05, 3.63) is 41.1 Å². The number of hydrogen-bond donors (Lipinski definition) is 1. The van der Waals surface area contributed by atoms with E-state index in [9.17, 15) is 14.4 Å². The molecule has 1 aromatic heterocycles. The molecule has 2 aliphatic rings. The molecular formula is C25H31N3O5. The zero-order valence-corrected chi connectivity index (χ0v) is 19.1. The van der Waals surface area contributed by atoms with Gasteiger partial charge < -0.3 is 19.7 Å². The van der Waals surface area contributed by atoms with Gasteiger partial charge in [-0.3, -0.25) is 9.78 Å². The summed E-state index contributed by atoms with van der Waals surface area (Å²) in [4.78, 5) is 43.9. The smallest absolute Gasteiger partial charge is 0.409 e. The van der Waals surface area contributed by atoms with Gasteiger partial charge in [-0.2, -0.15) is 0 Å². The van der Waals surface area contributed by atoms with Crippen LogP contribution in [0.15, 0.2) is 24.3 Å². The number of amides is 2. The highest BCUT2D eigenvalue weighted by Gasteiger charge is 2.26. The lowest BCUT2D eigenvalue weighted by atomic mass is 9.97. The van der Waals surface area contributed by atoms with Crippen LogP contribution in [-0.2, 0) is 27.1 Å². The fraction of sp³-hybridized carbons (Fsp3) is 0.520. The SMILES string of the molecule is CCOC(=O)N1CCC(NC(=O)COC(=O)c2c3c(nc4ccccc24)CCCCC3)CC1. The Morgan fingerprint density at radius 3 is 2.61 bits per heavy atom. The fourth-order valence-electron chi connectivity index (χ4n) is 4.68. The first-order valence-electron chi connectivity index (χ1n) is 11.9. The molecule has 1 aliphatic carbocycles. The molecular weight excluding hydrogens is 422 g/mol. The van der Waals surface area contributed by atoms with Crippen molar-refractivity contribution >= 4 is 28.9 Å². The van der Waals surface area contributed by atoms with E-state index >= 15 is 0 Å². The van der Waals surface area contributed by atoms with Gasteiger partial charge in [0, 0.05) is 30.2 Å². The van der Waals surface area contributed by atoms with Crippen LogP contribution in [-0.4, -0.2) is 60.2 Å². The summed E-state index contributed by atoms with van der Waals surface area (Å²) in [7, 11) is 0. The van der Waals surface area contributed by atoms with Crippen LogP contribution in [0.4, 0.5) is 4.79 Å². The van der Waals surface area contributed by atoms with Crippen LogP contribution in [0.1, 0.15) is 60.6 Å². The number of nitrogens with zero attached hydrogens (tertiary/aromatic N) is 2. The minimum atomic E-state index is -0.473. The molecule has 1 N–H and O–H groups in total. The van der Waals surface area contributed by atoms with Crippen molar-refractivity contribution in [2.75, 3.05) is 26.3 Å². The molecule has 1 fully saturated rings. The highest BCUT2D eigenvalue weighted by molar-refractivity contribution is 6.05. The number of carbonyl (C=O) groups excluding carboxylic acids is 3. The Bertz CT molecular complexity index is 1030. The largest absolute Gasteiger partial charge is 0.452 e. The number of rotatable bonds is 5. The lowest BCUT2D eigenvalue weighted by Gasteiger charge is -2.31. The standard InChI is InChI=1S/C25H31N3O5/c1-2-32-25(31)28-14-12-17(13-15-28)26-22(29)16-33-24(30)23-18-8-4-3-5-10-20(18)27-21-11-7-6-9-19(21)23/h6-7,9,11,17H,2-5,8,10,12-16H2,1H3,(H,26,29). The molecule has 1 aromatic carbocycles. The van der Waals surface area contributed by atoms with E-state index < -0.39 is 5.97 Å². The second kappa shape index (κ2) is 10.6. The van der Waals surface area contributed by atoms with E-state index in [-0.39, 0.29) is 24.6 Å². The third-order valence-corrected chi connectivity index (χ3v) is 6.34. The van der Waals surface area contributed by atoms with Gasteiger partial charge in [0.15, 0.2) is 6.61 Å². The molecule has 0 radical (unpaired) electrons. The average Bonchev–Trinajstić information content (AvgIpc) is 3.07. The van der Waals surface area contributed by atoms with E-state index in [4.69, 9.17) is 14.5 Å². The quantitative estimate of drug-likeness (QED) is 0.550. The Morgan fingerprint density at radius 2 is 1.82 bits per heavy atom. The Kier molecular flexibility index (Phi) is 7.42. The summed E-state index contributed by atoms with van der Waals surface area (Å²) in [5, 5.41) is 3.69. The van der Waals surface area contributed by atoms with Gasteiger partial charge in [0.1, 0.15) is 0 Å². The molecule has 8 nitrogen and oxygen atoms in total. The van der Waals surface area contributed by atoms with Crippen LogP contribution >= 0.6 is 0 Å². The topological polar surface area (TPSA) is 97.8 Å². The summed E-state index contributed by atoms with van der Waals surface area (Å²) in [6.07, 6.45) is 5.79. The highest BCUT2D eigenvalue weighted by atomic mass is 16.6. The summed E-state index contributed by atoms with van der Waals surface area (Å²) in [6.45, 7) is 2.84. The number of benzene rings is 1. The lowest BCUT2D eigenvalue weighted by molar-refractivity contribution is -0.125. The molecule has 2 aromatic rings. The van der Waals surface area contributed by atoms with Crippen LogP contribution in [0.3, 0.4) is 0 Å². The molecule has 0 spiro atoms. The number of esters is 1. The molecule has 176 valence electrons. The first kappa shape index (κ1) is 23.0. The molecule has 4 rings (SSSR count). The first-order chi connectivity index (χ1) is 16.1. The molecule has 2 amide bonds. The van der Waals surface area contributed by atoms with Gasteiger partial charge in [0.25, 0.3) is 5.91 Å². The molecule has 2 heterocycles. The van der Waals surface area contributed by atoms with Crippen molar-refractivity contribution in [3.8, 4) is 0 Å². The maximum atomic E-state index is 13.1. The van der Waals surface area contributed by atoms with E-state index in [2.05, 4.69) is 5.32 Å². The number of aryl methyl sites for hydroxylation is 1. The number of likely N-dealkylation sites (tertiary alicyclic amines) is 1. The summed E-state index contributed by atoms with van der Waals surface area (Å²) >= 11 is 0. The van der Waals surface area contributed by atoms with E-state index in [1.54, 1.807) is 11.8 Å². The van der Waals surface area contributed by atoms with Gasteiger partial charge in [0.2, 0.25) is 0 Å². The maximum Gasteiger partial charge on any atom is 0.409 e. The summed E-state index contributed by atoms with van der Waals surface area (Å²) in [5.74, 6) is -0.804. The second-order valence-corrected chi connectivity index (χ2v) is 8.59. The van der Waals surface area contributed by atoms with Gasteiger partial charge in [-0.25, -0.2) is 9.59 Å². The summed E-state index contributed by atoms with van der Waals surface area (Å²) < 4.78 is 10.5. The number of hydrogen-bond acceptors (Lipinski definition) is 6. The van der Waals surface area contributed by atoms with Crippen LogP contribution in [0.25, 0.3) is 10.9 Å². The minimum absolute atomic E-state index is 0.0556. The molecule has 0 unspecified atom stereocenters. The molecule has 0 bridgehead atoms. The summed E-state index contributed by atoms with van der Waals surface area (Å²) in [5.41, 5.74) is 3.26. The van der Waals surface area contributed by atoms with Crippen molar-refractivity contribution in [2.45, 2.75) is 57.9 Å². The van der Waals surface area contributed by atoms with Crippen molar-refractivity contribution in [3.63, 3.8) is 0 Å². The third-order valence-electron chi connectivity index (χ3n) is 6.34. The number of ether oxygens (including phenoxy) is 2. The van der Waals surface area contributed by atoms with Gasteiger partial charge in [0.05, 0.1) is 17.7 Å². The maximum absolute atomic E-state index is 13.1. The number of pyridine rings is 1. The normalized spacial score (nSPS) is 16.6. The van der Waals surface area contributed by atoms with Crippen molar-refractivity contribution in [1.29, 1.82) is 0 Å². The van der Waals surface area contributed by atoms with Crippen molar-refractivity contribution in [2.24, 2.45) is 0 Å². The van der Waals surface area contributed by atoms with Gasteiger partial charge in [-0.1, -0.05) is 24.6 Å². The number of aromatic nitrogens is 1. The van der Waals surface area contributed by atoms with Gasteiger partial charge in [-0.05, 0) is 57.1 Å². The number of carbonyl (C=O) groups is 3. The zero-order valence-electron chi connectivity index (χ0n) is 19.1. The Labute approximate surface area is 193 Å². The fourth-order valence-corrected chi connectivity index (χ4v) is 4.68. The molecule has 0 atom stereocenters. The van der Waals surface area contributed by atoms with Gasteiger partial charge >= 0.3 is 12.1 Å². The van der Waals surface area contributed by atoms with Crippen LogP contribution in [0.2, 0.25) is 0 Å². The Morgan fingerprint density at radius 1 is 1.06 bits per heavy atom. The van der Waals surface area contributed by atoms with E-state index in [0.29, 0.717) is 38.1 Å². The minimum Gasteiger partial charge on any atom is -0.452 e. The van der Waals surface area contributed by atoms with Crippen LogP contribution in [0.5, 0.6) is 0 Å². The number of piperidine rings is 1. The van der Waals surface area contributed by atoms with E-state index in [1.807, 2.05) is 24.3 Å². The summed E-state index contributed by atoms with van der Waals surface area (Å²) in [6, 6.07) is 7.54. The number of nitrogens with one attached hydrogen (secondary N) is 1. The number of fused-ring (bicyclic) bond motifs is 2. The van der Waals surface area contributed by atoms with E-state index in [0.717, 1.165) is 54.3 Å². The molecule has 1 aliphatic heterocycles. The molecule has 0 saturated carbocycles. The first-order valence-corrected chi connectivity index (χ1v) is 11.9. The third kappa shape index (κ3) is 5.43. The predicted molar refractivity (Wildman–Crippen MR) is 123 cm³/mol. The second-order valence-electron chi connectivity index (χ2n) is 8.59. The molecule has 8 heteroatoms. The van der Waals surface area contributed by atoms with Crippen LogP contribution < -0.4 is 5.32 Å². The monoisotopic (exact) mass is 453 g/mol. The predicted octanol–water partition coefficient (Wildman–Crippen LogP) is 3.40. The van der Waals surface area contributed by atoms with Gasteiger partial charge in [-0.15, -0.1) is 0 Å². The number of para-hydroxylation sites is 1. The van der Waals surface area contributed by atoms with Crippen LogP contribution in [0, 0.1) is 0 Å². The average molecular weight is 454 g/mol. The zero-order chi connectivity index (χ0) is 23.2.